The number of hydrogen-bond donors (Lipinski definition) is 5. The fourth-order valence-electron chi connectivity index (χ4n) is 6.47. The number of phenolic OH excluding ortho intramolecular Hbond substituents is 2. The van der Waals surface area contributed by atoms with E-state index in [0.717, 1.165) is 21.5 Å². The topological polar surface area (TPSA) is 186 Å². The van der Waals surface area contributed by atoms with Crippen LogP contribution in [0.4, 0.5) is 4.39 Å². The van der Waals surface area contributed by atoms with Crippen LogP contribution >= 0.6 is 0 Å². The molecule has 0 saturated carbocycles. The van der Waals surface area contributed by atoms with Crippen LogP contribution in [0.25, 0.3) is 21.5 Å². The fourth-order valence-corrected chi connectivity index (χ4v) is 6.47. The summed E-state index contributed by atoms with van der Waals surface area (Å²) in [5.41, 5.74) is 3.80. The third-order valence-electron chi connectivity index (χ3n) is 9.10. The molecular weight excluding hydrogens is 714 g/mol. The Morgan fingerprint density at radius 3 is 2.24 bits per heavy atom. The molecule has 0 unspecified atom stereocenters. The number of halogens is 1. The Labute approximate surface area is 311 Å². The fraction of sp³-hybridized carbons (Fsp3) is 0.125. The van der Waals surface area contributed by atoms with Gasteiger partial charge in [-0.05, 0) is 87.3 Å². The molecule has 2 heterocycles. The first kappa shape index (κ1) is 35.1. The quantitative estimate of drug-likeness (QED) is 0.0565. The van der Waals surface area contributed by atoms with Gasteiger partial charge < -0.3 is 43.9 Å². The summed E-state index contributed by atoms with van der Waals surface area (Å²) in [5, 5.41) is 47.2. The number of aliphatic carboxylic acids is 1. The molecule has 5 N–H and O–H groups in total. The van der Waals surface area contributed by atoms with Crippen LogP contribution in [-0.4, -0.2) is 65.0 Å². The minimum atomic E-state index is -1.09. The van der Waals surface area contributed by atoms with E-state index in [0.29, 0.717) is 39.7 Å². The zero-order valence-electron chi connectivity index (χ0n) is 28.6. The van der Waals surface area contributed by atoms with Gasteiger partial charge in [0.25, 0.3) is 5.91 Å². The molecule has 0 aliphatic carbocycles. The zero-order chi connectivity index (χ0) is 38.2. The number of aliphatic hydroxyl groups is 1. The van der Waals surface area contributed by atoms with Gasteiger partial charge in [0, 0.05) is 29.6 Å². The lowest BCUT2D eigenvalue weighted by Crippen LogP contribution is -2.41. The number of aromatic hydroxyl groups is 2. The third kappa shape index (κ3) is 7.46. The second kappa shape index (κ2) is 14.4. The molecule has 55 heavy (non-hydrogen) atoms. The standard InChI is InChI=1S/C40H30BFN2O11/c42-32-9-21(18-43-44-38(48)19-51-28-5-2-22-11-26-13-29(52-20-39(49)50)6-3-23(26)10-25(22)12-28)1-7-31(32)41-54-35-8-4-24(14-37(35)55-41)40-34(47)17-30-33(46)15-27(45)16-36(30)53-40/h1-16,18,34,40,45-47H,17,19-20H2,(H,44,48)(H,49,50)/b43-18-/t34-,40+/m0/s1. The van der Waals surface area contributed by atoms with Crippen molar-refractivity contribution in [3.63, 3.8) is 0 Å². The average molecular weight is 744 g/mol. The molecule has 6 aromatic rings. The summed E-state index contributed by atoms with van der Waals surface area (Å²) < 4.78 is 43.9. The number of carboxylic acid groups (broad SMARTS) is 1. The van der Waals surface area contributed by atoms with E-state index in [1.54, 1.807) is 48.5 Å². The lowest BCUT2D eigenvalue weighted by molar-refractivity contribution is -0.139. The molecule has 2 aliphatic heterocycles. The second-order valence-electron chi connectivity index (χ2n) is 12.9. The summed E-state index contributed by atoms with van der Waals surface area (Å²) in [4.78, 5) is 23.3. The molecule has 0 spiro atoms. The number of carbonyl (C=O) groups is 2. The van der Waals surface area contributed by atoms with Crippen LogP contribution < -0.4 is 34.4 Å². The lowest BCUT2D eigenvalue weighted by atomic mass is 9.78. The van der Waals surface area contributed by atoms with Gasteiger partial charge in [-0.3, -0.25) is 4.79 Å². The highest BCUT2D eigenvalue weighted by atomic mass is 19.1. The van der Waals surface area contributed by atoms with Crippen molar-refractivity contribution in [2.24, 2.45) is 5.10 Å². The number of amides is 1. The number of phenols is 2. The van der Waals surface area contributed by atoms with Crippen molar-refractivity contribution in [2.75, 3.05) is 13.2 Å². The Kier molecular flexibility index (Phi) is 9.20. The van der Waals surface area contributed by atoms with Crippen molar-refractivity contribution in [1.82, 2.24) is 5.43 Å². The summed E-state index contributed by atoms with van der Waals surface area (Å²) in [6.07, 6.45) is -0.433. The normalized spacial score (nSPS) is 15.9. The molecular formula is C40H30BFN2O11. The van der Waals surface area contributed by atoms with Crippen LogP contribution in [0.15, 0.2) is 102 Å². The highest BCUT2D eigenvalue weighted by Crippen LogP contribution is 2.44. The van der Waals surface area contributed by atoms with Gasteiger partial charge in [-0.1, -0.05) is 30.3 Å². The van der Waals surface area contributed by atoms with Crippen LogP contribution in [0.1, 0.15) is 22.8 Å². The molecule has 13 nitrogen and oxygen atoms in total. The monoisotopic (exact) mass is 744 g/mol. The Hall–Kier alpha value is -7.00. The summed E-state index contributed by atoms with van der Waals surface area (Å²) in [5.74, 6) is -0.710. The number of fused-ring (bicyclic) bond motifs is 4. The summed E-state index contributed by atoms with van der Waals surface area (Å²) in [6.45, 7) is -0.750. The van der Waals surface area contributed by atoms with E-state index in [2.05, 4.69) is 10.5 Å². The van der Waals surface area contributed by atoms with Crippen molar-refractivity contribution in [3.05, 3.63) is 120 Å². The van der Waals surface area contributed by atoms with E-state index >= 15 is 4.39 Å². The van der Waals surface area contributed by atoms with E-state index in [1.165, 1.54) is 30.5 Å². The molecule has 0 bridgehead atoms. The van der Waals surface area contributed by atoms with E-state index < -0.39 is 43.6 Å². The van der Waals surface area contributed by atoms with Gasteiger partial charge in [-0.15, -0.1) is 0 Å². The molecule has 2 aliphatic rings. The van der Waals surface area contributed by atoms with E-state index in [1.807, 2.05) is 24.3 Å². The first-order valence-corrected chi connectivity index (χ1v) is 17.0. The summed E-state index contributed by atoms with van der Waals surface area (Å²) in [6, 6.07) is 26.4. The van der Waals surface area contributed by atoms with E-state index in [-0.39, 0.29) is 35.7 Å². The molecule has 276 valence electrons. The molecule has 0 saturated heterocycles. The maximum Gasteiger partial charge on any atom is 0.635 e. The number of carboxylic acids is 1. The second-order valence-corrected chi connectivity index (χ2v) is 12.9. The number of hydrogen-bond acceptors (Lipinski definition) is 11. The number of rotatable bonds is 10. The van der Waals surface area contributed by atoms with Gasteiger partial charge in [0.05, 0.1) is 12.3 Å². The number of ether oxygens (including phenoxy) is 3. The molecule has 0 aromatic heterocycles. The Morgan fingerprint density at radius 1 is 0.818 bits per heavy atom. The number of benzene rings is 6. The van der Waals surface area contributed by atoms with Crippen molar-refractivity contribution in [2.45, 2.75) is 18.6 Å². The maximum absolute atomic E-state index is 15.3. The minimum Gasteiger partial charge on any atom is -0.519 e. The first-order valence-electron chi connectivity index (χ1n) is 17.0. The van der Waals surface area contributed by atoms with E-state index in [4.69, 9.17) is 28.6 Å². The average Bonchev–Trinajstić information content (AvgIpc) is 3.58. The SMILES string of the molecule is O=C(O)COc1ccc2cc3cc(OCC(=O)N/N=C\c4ccc(B5Oc6ccc([C@H]7Oc8cc(O)cc(O)c8C[C@@H]7O)cc6O5)c(F)c4)ccc3cc2c1. The molecule has 8 rings (SSSR count). The minimum absolute atomic E-state index is 0.102. The summed E-state index contributed by atoms with van der Waals surface area (Å²) >= 11 is 0. The van der Waals surface area contributed by atoms with E-state index in [9.17, 15) is 24.9 Å². The van der Waals surface area contributed by atoms with Gasteiger partial charge in [0.1, 0.15) is 52.2 Å². The Bertz CT molecular complexity index is 2530. The number of nitrogens with zero attached hydrogens (tertiary/aromatic N) is 1. The van der Waals surface area contributed by atoms with Crippen LogP contribution in [0.5, 0.6) is 40.2 Å². The zero-order valence-corrected chi connectivity index (χ0v) is 28.6. The van der Waals surface area contributed by atoms with Crippen molar-refractivity contribution in [3.8, 4) is 40.2 Å². The van der Waals surface area contributed by atoms with Crippen molar-refractivity contribution < 1.29 is 57.9 Å². The predicted octanol–water partition coefficient (Wildman–Crippen LogP) is 4.74. The van der Waals surface area contributed by atoms with Gasteiger partial charge in [-0.25, -0.2) is 14.6 Å². The predicted molar refractivity (Wildman–Crippen MR) is 198 cm³/mol. The maximum atomic E-state index is 15.3. The smallest absolute Gasteiger partial charge is 0.519 e. The highest BCUT2D eigenvalue weighted by molar-refractivity contribution is 6.63. The van der Waals surface area contributed by atoms with Gasteiger partial charge in [0.15, 0.2) is 13.2 Å². The van der Waals surface area contributed by atoms with Crippen LogP contribution in [-0.2, 0) is 16.0 Å². The Balaban J connectivity index is 0.852. The van der Waals surface area contributed by atoms with Crippen molar-refractivity contribution >= 4 is 52.2 Å². The van der Waals surface area contributed by atoms with Crippen LogP contribution in [0, 0.1) is 5.82 Å². The molecule has 6 aromatic carbocycles. The molecule has 0 fully saturated rings. The summed E-state index contributed by atoms with van der Waals surface area (Å²) in [7, 11) is -1.09. The number of nitrogens with one attached hydrogen (secondary N) is 1. The first-order chi connectivity index (χ1) is 26.6. The molecule has 15 heteroatoms. The molecule has 0 radical (unpaired) electrons. The Morgan fingerprint density at radius 2 is 1.53 bits per heavy atom. The lowest BCUT2D eigenvalue weighted by Gasteiger charge is -2.31. The van der Waals surface area contributed by atoms with Crippen LogP contribution in [0.2, 0.25) is 0 Å². The van der Waals surface area contributed by atoms with Gasteiger partial charge >= 0.3 is 13.1 Å². The molecule has 2 atom stereocenters. The van der Waals surface area contributed by atoms with Gasteiger partial charge in [0.2, 0.25) is 0 Å². The van der Waals surface area contributed by atoms with Gasteiger partial charge in [-0.2, -0.15) is 5.10 Å². The van der Waals surface area contributed by atoms with Crippen molar-refractivity contribution in [1.29, 1.82) is 0 Å². The number of carbonyl (C=O) groups excluding carboxylic acids is 1. The largest absolute Gasteiger partial charge is 0.635 e. The number of aliphatic hydroxyl groups excluding tert-OH is 1. The molecule has 1 amide bonds. The third-order valence-corrected chi connectivity index (χ3v) is 9.10. The highest BCUT2D eigenvalue weighted by Gasteiger charge is 2.38. The number of hydrazone groups is 1. The van der Waals surface area contributed by atoms with Crippen LogP contribution in [0.3, 0.4) is 0 Å².